The molecule has 0 unspecified atom stereocenters. The Morgan fingerprint density at radius 3 is 2.50 bits per heavy atom. The molecule has 0 aliphatic heterocycles. The molecule has 1 fully saturated rings. The molecule has 2 aromatic rings. The van der Waals surface area contributed by atoms with Crippen molar-refractivity contribution in [1.82, 2.24) is 0 Å². The van der Waals surface area contributed by atoms with Crippen molar-refractivity contribution >= 4 is 34.9 Å². The first-order valence-corrected chi connectivity index (χ1v) is 9.28. The largest absolute Gasteiger partial charge is 0.493 e. The number of rotatable bonds is 5. The van der Waals surface area contributed by atoms with Crippen LogP contribution in [-0.2, 0) is 0 Å². The Morgan fingerprint density at radius 2 is 1.85 bits per heavy atom. The Bertz CT molecular complexity index is 865. The number of nitriles is 1. The van der Waals surface area contributed by atoms with Gasteiger partial charge in [-0.1, -0.05) is 35.3 Å². The highest BCUT2D eigenvalue weighted by atomic mass is 35.5. The third kappa shape index (κ3) is 4.33. The molecule has 3 rings (SSSR count). The number of ether oxygens (including phenoxy) is 2. The fourth-order valence-electron chi connectivity index (χ4n) is 3.07. The maximum Gasteiger partial charge on any atom is 0.162 e. The van der Waals surface area contributed by atoms with Crippen LogP contribution in [0.5, 0.6) is 11.5 Å². The highest BCUT2D eigenvalue weighted by molar-refractivity contribution is 6.42. The van der Waals surface area contributed by atoms with Crippen LogP contribution in [0.15, 0.2) is 36.4 Å². The zero-order chi connectivity index (χ0) is 18.5. The lowest BCUT2D eigenvalue weighted by atomic mass is 10.0. The minimum Gasteiger partial charge on any atom is -0.493 e. The van der Waals surface area contributed by atoms with E-state index in [0.29, 0.717) is 27.1 Å². The molecule has 0 saturated heterocycles. The van der Waals surface area contributed by atoms with E-state index in [-0.39, 0.29) is 6.10 Å². The van der Waals surface area contributed by atoms with E-state index in [1.807, 2.05) is 18.2 Å². The van der Waals surface area contributed by atoms with Gasteiger partial charge in [-0.25, -0.2) is 0 Å². The van der Waals surface area contributed by atoms with Gasteiger partial charge in [0.25, 0.3) is 0 Å². The summed E-state index contributed by atoms with van der Waals surface area (Å²) in [5, 5.41) is 10.4. The van der Waals surface area contributed by atoms with Crippen LogP contribution in [0.4, 0.5) is 0 Å². The highest BCUT2D eigenvalue weighted by Gasteiger charge is 2.18. The van der Waals surface area contributed by atoms with E-state index in [9.17, 15) is 5.26 Å². The number of nitrogens with zero attached hydrogens (tertiary/aromatic N) is 1. The van der Waals surface area contributed by atoms with Gasteiger partial charge in [0.05, 0.1) is 34.9 Å². The van der Waals surface area contributed by atoms with E-state index in [1.165, 1.54) is 12.8 Å². The van der Waals surface area contributed by atoms with Crippen LogP contribution in [0.2, 0.25) is 10.0 Å². The number of allylic oxidation sites excluding steroid dienone is 1. The third-order valence-corrected chi connectivity index (χ3v) is 5.18. The van der Waals surface area contributed by atoms with Gasteiger partial charge >= 0.3 is 0 Å². The molecule has 0 N–H and O–H groups in total. The molecule has 5 heteroatoms. The zero-order valence-electron chi connectivity index (χ0n) is 14.5. The second-order valence-corrected chi connectivity index (χ2v) is 7.05. The maximum atomic E-state index is 9.55. The molecule has 0 atom stereocenters. The number of benzene rings is 2. The molecule has 134 valence electrons. The van der Waals surface area contributed by atoms with Gasteiger partial charge in [0.2, 0.25) is 0 Å². The summed E-state index contributed by atoms with van der Waals surface area (Å²) < 4.78 is 11.5. The Balaban J connectivity index is 1.92. The van der Waals surface area contributed by atoms with E-state index in [1.54, 1.807) is 31.4 Å². The summed E-state index contributed by atoms with van der Waals surface area (Å²) in [6, 6.07) is 13.1. The van der Waals surface area contributed by atoms with Crippen LogP contribution in [0.1, 0.15) is 36.8 Å². The van der Waals surface area contributed by atoms with E-state index >= 15 is 0 Å². The summed E-state index contributed by atoms with van der Waals surface area (Å²) in [5.41, 5.74) is 2.08. The van der Waals surface area contributed by atoms with Gasteiger partial charge in [-0.05, 0) is 67.2 Å². The smallest absolute Gasteiger partial charge is 0.162 e. The molecule has 1 aliphatic carbocycles. The SMILES string of the molecule is COc1ccc(C=C(C#N)c2ccc(Cl)c(Cl)c2)cc1OC1CCCC1. The van der Waals surface area contributed by atoms with Gasteiger partial charge in [-0.3, -0.25) is 0 Å². The van der Waals surface area contributed by atoms with Crippen LogP contribution < -0.4 is 9.47 Å². The van der Waals surface area contributed by atoms with Crippen LogP contribution in [0.3, 0.4) is 0 Å². The minimum atomic E-state index is 0.230. The molecule has 0 bridgehead atoms. The van der Waals surface area contributed by atoms with Gasteiger partial charge in [-0.15, -0.1) is 0 Å². The van der Waals surface area contributed by atoms with Gasteiger partial charge in [0.1, 0.15) is 0 Å². The summed E-state index contributed by atoms with van der Waals surface area (Å²) in [6.45, 7) is 0. The van der Waals surface area contributed by atoms with Crippen molar-refractivity contribution in [3.8, 4) is 17.6 Å². The van der Waals surface area contributed by atoms with Crippen molar-refractivity contribution in [2.75, 3.05) is 7.11 Å². The van der Waals surface area contributed by atoms with Gasteiger partial charge in [0, 0.05) is 0 Å². The first-order valence-electron chi connectivity index (χ1n) is 8.52. The first-order chi connectivity index (χ1) is 12.6. The second kappa shape index (κ2) is 8.49. The molecule has 1 saturated carbocycles. The minimum absolute atomic E-state index is 0.230. The Kier molecular flexibility index (Phi) is 6.08. The van der Waals surface area contributed by atoms with E-state index in [2.05, 4.69) is 6.07 Å². The Morgan fingerprint density at radius 1 is 1.08 bits per heavy atom. The molecular weight excluding hydrogens is 369 g/mol. The van der Waals surface area contributed by atoms with Crippen LogP contribution >= 0.6 is 23.2 Å². The molecule has 0 aromatic heterocycles. The number of halogens is 2. The molecule has 2 aromatic carbocycles. The molecule has 1 aliphatic rings. The standard InChI is InChI=1S/C21H19Cl2NO2/c1-25-20-9-6-14(11-21(20)26-17-4-2-3-5-17)10-16(13-24)15-7-8-18(22)19(23)12-15/h6-12,17H,2-5H2,1H3. The molecule has 0 amide bonds. The van der Waals surface area contributed by atoms with Crippen molar-refractivity contribution in [2.45, 2.75) is 31.8 Å². The zero-order valence-corrected chi connectivity index (χ0v) is 16.0. The van der Waals surface area contributed by atoms with Crippen molar-refractivity contribution in [1.29, 1.82) is 5.26 Å². The number of hydrogen-bond acceptors (Lipinski definition) is 3. The second-order valence-electron chi connectivity index (χ2n) is 6.23. The fourth-order valence-corrected chi connectivity index (χ4v) is 3.37. The molecule has 0 radical (unpaired) electrons. The average molecular weight is 388 g/mol. The quantitative estimate of drug-likeness (QED) is 0.440. The third-order valence-electron chi connectivity index (χ3n) is 4.45. The van der Waals surface area contributed by atoms with E-state index in [0.717, 1.165) is 24.0 Å². The lowest BCUT2D eigenvalue weighted by Gasteiger charge is -2.16. The van der Waals surface area contributed by atoms with Crippen LogP contribution in [-0.4, -0.2) is 13.2 Å². The van der Waals surface area contributed by atoms with Crippen LogP contribution in [0.25, 0.3) is 11.6 Å². The lowest BCUT2D eigenvalue weighted by molar-refractivity contribution is 0.201. The molecule has 3 nitrogen and oxygen atoms in total. The van der Waals surface area contributed by atoms with Crippen molar-refractivity contribution in [2.24, 2.45) is 0 Å². The summed E-state index contributed by atoms with van der Waals surface area (Å²) in [4.78, 5) is 0. The van der Waals surface area contributed by atoms with E-state index < -0.39 is 0 Å². The normalized spacial score (nSPS) is 14.9. The molecule has 0 spiro atoms. The summed E-state index contributed by atoms with van der Waals surface area (Å²) in [6.07, 6.45) is 6.56. The Hall–Kier alpha value is -2.15. The summed E-state index contributed by atoms with van der Waals surface area (Å²) in [5.74, 6) is 1.40. The van der Waals surface area contributed by atoms with Crippen molar-refractivity contribution in [3.05, 3.63) is 57.6 Å². The summed E-state index contributed by atoms with van der Waals surface area (Å²) >= 11 is 12.0. The number of methoxy groups -OCH3 is 1. The van der Waals surface area contributed by atoms with Crippen molar-refractivity contribution < 1.29 is 9.47 Å². The highest BCUT2D eigenvalue weighted by Crippen LogP contribution is 2.34. The number of hydrogen-bond donors (Lipinski definition) is 0. The van der Waals surface area contributed by atoms with Gasteiger partial charge < -0.3 is 9.47 Å². The van der Waals surface area contributed by atoms with E-state index in [4.69, 9.17) is 32.7 Å². The predicted molar refractivity (Wildman–Crippen MR) is 106 cm³/mol. The Labute approximate surface area is 163 Å². The molecular formula is C21H19Cl2NO2. The fraction of sp³-hybridized carbons (Fsp3) is 0.286. The molecule has 0 heterocycles. The summed E-state index contributed by atoms with van der Waals surface area (Å²) in [7, 11) is 1.63. The molecule has 26 heavy (non-hydrogen) atoms. The van der Waals surface area contributed by atoms with Crippen LogP contribution in [0, 0.1) is 11.3 Å². The maximum absolute atomic E-state index is 9.55. The topological polar surface area (TPSA) is 42.2 Å². The van der Waals surface area contributed by atoms with Gasteiger partial charge in [-0.2, -0.15) is 5.26 Å². The monoisotopic (exact) mass is 387 g/mol. The van der Waals surface area contributed by atoms with Crippen molar-refractivity contribution in [3.63, 3.8) is 0 Å². The average Bonchev–Trinajstić information content (AvgIpc) is 3.15. The lowest BCUT2D eigenvalue weighted by Crippen LogP contribution is -2.11. The van der Waals surface area contributed by atoms with Gasteiger partial charge in [0.15, 0.2) is 11.5 Å². The predicted octanol–water partition coefficient (Wildman–Crippen LogP) is 6.39. The first kappa shape index (κ1) is 18.6.